The van der Waals surface area contributed by atoms with E-state index in [1.165, 1.54) is 12.1 Å². The van der Waals surface area contributed by atoms with Gasteiger partial charge in [0.05, 0.1) is 15.6 Å². The van der Waals surface area contributed by atoms with E-state index >= 15 is 0 Å². The quantitative estimate of drug-likeness (QED) is 0.661. The van der Waals surface area contributed by atoms with Crippen molar-refractivity contribution in [3.8, 4) is 0 Å². The van der Waals surface area contributed by atoms with E-state index in [4.69, 9.17) is 11.6 Å². The Bertz CT molecular complexity index is 437. The number of nitrogens with zero attached hydrogens (tertiary/aromatic N) is 1. The molecule has 4 nitrogen and oxygen atoms in total. The summed E-state index contributed by atoms with van der Waals surface area (Å²) in [7, 11) is 0. The van der Waals surface area contributed by atoms with Gasteiger partial charge in [-0.3, -0.25) is 10.1 Å². The summed E-state index contributed by atoms with van der Waals surface area (Å²) in [5.41, 5.74) is 0.788. The lowest BCUT2D eigenvalue weighted by atomic mass is 10.1. The first-order valence-corrected chi connectivity index (χ1v) is 5.99. The Morgan fingerprint density at radius 1 is 1.53 bits per heavy atom. The largest absolute Gasteiger partial charge is 0.381 e. The van der Waals surface area contributed by atoms with Gasteiger partial charge in [-0.1, -0.05) is 18.5 Å². The molecule has 1 aliphatic rings. The number of nitrogens with one attached hydrogen (secondary N) is 1. The summed E-state index contributed by atoms with van der Waals surface area (Å²) in [5, 5.41) is 14.3. The normalized spacial score (nSPS) is 23.6. The summed E-state index contributed by atoms with van der Waals surface area (Å²) < 4.78 is 0. The lowest BCUT2D eigenvalue weighted by Gasteiger charge is -2.19. The Morgan fingerprint density at radius 3 is 2.82 bits per heavy atom. The molecule has 1 saturated carbocycles. The van der Waals surface area contributed by atoms with Crippen molar-refractivity contribution >= 4 is 23.0 Å². The van der Waals surface area contributed by atoms with Gasteiger partial charge in [0.25, 0.3) is 5.69 Å². The van der Waals surface area contributed by atoms with Crippen molar-refractivity contribution < 1.29 is 4.92 Å². The number of anilines is 1. The number of benzene rings is 1. The average molecular weight is 254 g/mol. The molecule has 1 aliphatic carbocycles. The summed E-state index contributed by atoms with van der Waals surface area (Å²) in [4.78, 5) is 10.1. The number of non-ortho nitro benzene ring substituents is 1. The van der Waals surface area contributed by atoms with Crippen LogP contribution in [0.4, 0.5) is 11.4 Å². The van der Waals surface area contributed by atoms with Crippen molar-refractivity contribution in [1.82, 2.24) is 0 Å². The van der Waals surface area contributed by atoms with Gasteiger partial charge < -0.3 is 5.32 Å². The summed E-state index contributed by atoms with van der Waals surface area (Å²) in [5.74, 6) is 0.501. The molecule has 1 aromatic rings. The van der Waals surface area contributed by atoms with Crippen LogP contribution in [0.2, 0.25) is 5.02 Å². The minimum absolute atomic E-state index is 0.0200. The SMILES string of the molecule is CC1[CH]CCC1Nc1ccc([N+](=O)[O-])cc1Cl. The molecule has 1 fully saturated rings. The average Bonchev–Trinajstić information content (AvgIpc) is 2.67. The molecule has 2 unspecified atom stereocenters. The molecular weight excluding hydrogens is 240 g/mol. The van der Waals surface area contributed by atoms with E-state index in [2.05, 4.69) is 18.7 Å². The van der Waals surface area contributed by atoms with E-state index in [1.807, 2.05) is 0 Å². The molecule has 1 radical (unpaired) electrons. The maximum Gasteiger partial charge on any atom is 0.271 e. The van der Waals surface area contributed by atoms with Gasteiger partial charge in [-0.25, -0.2) is 0 Å². The Balaban J connectivity index is 2.14. The van der Waals surface area contributed by atoms with E-state index in [0.717, 1.165) is 18.5 Å². The first-order valence-electron chi connectivity index (χ1n) is 5.61. The van der Waals surface area contributed by atoms with Gasteiger partial charge in [0.2, 0.25) is 0 Å². The monoisotopic (exact) mass is 253 g/mol. The Kier molecular flexibility index (Phi) is 3.52. The highest BCUT2D eigenvalue weighted by molar-refractivity contribution is 6.33. The van der Waals surface area contributed by atoms with Crippen LogP contribution in [0, 0.1) is 22.5 Å². The van der Waals surface area contributed by atoms with Crippen LogP contribution in [0.3, 0.4) is 0 Å². The van der Waals surface area contributed by atoms with Gasteiger partial charge >= 0.3 is 0 Å². The summed E-state index contributed by atoms with van der Waals surface area (Å²) in [6.45, 7) is 2.16. The van der Waals surface area contributed by atoms with Crippen LogP contribution in [0.1, 0.15) is 19.8 Å². The van der Waals surface area contributed by atoms with Crippen LogP contribution in [0.5, 0.6) is 0 Å². The number of hydrogen-bond donors (Lipinski definition) is 1. The zero-order valence-corrected chi connectivity index (χ0v) is 10.3. The van der Waals surface area contributed by atoms with Gasteiger partial charge in [-0.05, 0) is 31.2 Å². The standard InChI is InChI=1S/C12H14ClN2O2/c1-8-3-2-4-11(8)14-12-6-5-9(15(16)17)7-10(12)13/h3,5-8,11,14H,2,4H2,1H3. The summed E-state index contributed by atoms with van der Waals surface area (Å²) in [6, 6.07) is 4.89. The zero-order chi connectivity index (χ0) is 12.4. The highest BCUT2D eigenvalue weighted by Crippen LogP contribution is 2.32. The third-order valence-corrected chi connectivity index (χ3v) is 3.47. The first kappa shape index (κ1) is 12.2. The topological polar surface area (TPSA) is 55.2 Å². The molecule has 2 rings (SSSR count). The lowest BCUT2D eigenvalue weighted by molar-refractivity contribution is -0.384. The molecule has 1 aromatic carbocycles. The maximum absolute atomic E-state index is 10.6. The highest BCUT2D eigenvalue weighted by Gasteiger charge is 2.24. The molecule has 2 atom stereocenters. The molecule has 0 spiro atoms. The van der Waals surface area contributed by atoms with E-state index in [1.54, 1.807) is 6.07 Å². The Morgan fingerprint density at radius 2 is 2.29 bits per heavy atom. The van der Waals surface area contributed by atoms with Gasteiger partial charge in [-0.15, -0.1) is 0 Å². The smallest absolute Gasteiger partial charge is 0.271 e. The van der Waals surface area contributed by atoms with Crippen LogP contribution in [0.25, 0.3) is 0 Å². The molecule has 0 heterocycles. The van der Waals surface area contributed by atoms with Crippen molar-refractivity contribution in [1.29, 1.82) is 0 Å². The van der Waals surface area contributed by atoms with Crippen LogP contribution < -0.4 is 5.32 Å². The molecule has 0 amide bonds. The predicted octanol–water partition coefficient (Wildman–Crippen LogP) is 3.66. The Hall–Kier alpha value is -1.29. The van der Waals surface area contributed by atoms with Crippen molar-refractivity contribution in [3.63, 3.8) is 0 Å². The third-order valence-electron chi connectivity index (χ3n) is 3.16. The Labute approximate surface area is 105 Å². The predicted molar refractivity (Wildman–Crippen MR) is 68.2 cm³/mol. The van der Waals surface area contributed by atoms with Crippen LogP contribution in [0.15, 0.2) is 18.2 Å². The van der Waals surface area contributed by atoms with E-state index in [0.29, 0.717) is 17.0 Å². The van der Waals surface area contributed by atoms with Crippen molar-refractivity contribution in [3.05, 3.63) is 39.8 Å². The molecule has 1 N–H and O–H groups in total. The second-order valence-electron chi connectivity index (χ2n) is 4.34. The van der Waals surface area contributed by atoms with Crippen molar-refractivity contribution in [2.75, 3.05) is 5.32 Å². The molecular formula is C12H14ClN2O2. The fraction of sp³-hybridized carbons (Fsp3) is 0.417. The van der Waals surface area contributed by atoms with Gasteiger partial charge in [0.15, 0.2) is 0 Å². The molecule has 5 heteroatoms. The van der Waals surface area contributed by atoms with Crippen molar-refractivity contribution in [2.45, 2.75) is 25.8 Å². The summed E-state index contributed by atoms with van der Waals surface area (Å²) >= 11 is 6.02. The number of rotatable bonds is 3. The fourth-order valence-electron chi connectivity index (χ4n) is 2.10. The number of nitro groups is 1. The molecule has 17 heavy (non-hydrogen) atoms. The molecule has 0 aromatic heterocycles. The maximum atomic E-state index is 10.6. The fourth-order valence-corrected chi connectivity index (χ4v) is 2.33. The number of hydrogen-bond acceptors (Lipinski definition) is 3. The van der Waals surface area contributed by atoms with E-state index in [-0.39, 0.29) is 5.69 Å². The van der Waals surface area contributed by atoms with Gasteiger partial charge in [0.1, 0.15) is 0 Å². The van der Waals surface area contributed by atoms with Crippen LogP contribution >= 0.6 is 11.6 Å². The minimum Gasteiger partial charge on any atom is -0.381 e. The van der Waals surface area contributed by atoms with Gasteiger partial charge in [-0.2, -0.15) is 0 Å². The second-order valence-corrected chi connectivity index (χ2v) is 4.75. The third kappa shape index (κ3) is 2.69. The lowest BCUT2D eigenvalue weighted by Crippen LogP contribution is -2.22. The molecule has 0 aliphatic heterocycles. The molecule has 91 valence electrons. The van der Waals surface area contributed by atoms with Gasteiger partial charge in [0, 0.05) is 18.2 Å². The van der Waals surface area contributed by atoms with Crippen molar-refractivity contribution in [2.24, 2.45) is 5.92 Å². The highest BCUT2D eigenvalue weighted by atomic mass is 35.5. The molecule has 0 saturated heterocycles. The van der Waals surface area contributed by atoms with E-state index < -0.39 is 4.92 Å². The second kappa shape index (κ2) is 4.92. The number of halogens is 1. The first-order chi connectivity index (χ1) is 8.08. The number of nitro benzene ring substituents is 1. The van der Waals surface area contributed by atoms with Crippen LogP contribution in [-0.4, -0.2) is 11.0 Å². The van der Waals surface area contributed by atoms with E-state index in [9.17, 15) is 10.1 Å². The van der Waals surface area contributed by atoms with Crippen LogP contribution in [-0.2, 0) is 0 Å². The zero-order valence-electron chi connectivity index (χ0n) is 9.52. The minimum atomic E-state index is -0.443. The summed E-state index contributed by atoms with van der Waals surface area (Å²) in [6.07, 6.45) is 4.45. The molecule has 0 bridgehead atoms.